The minimum Gasteiger partial charge on any atom is -0.309 e. The van der Waals surface area contributed by atoms with Gasteiger partial charge in [-0.15, -0.1) is 0 Å². The Kier molecular flexibility index (Phi) is 10.5. The lowest BCUT2D eigenvalue weighted by Gasteiger charge is -2.11. The maximum Gasteiger partial charge on any atom is 0.164 e. The average molecular weight is 961 g/mol. The monoisotopic (exact) mass is 960 g/mol. The van der Waals surface area contributed by atoms with Gasteiger partial charge in [-0.2, -0.15) is 0 Å². The highest BCUT2D eigenvalue weighted by Crippen LogP contribution is 2.39. The van der Waals surface area contributed by atoms with Crippen LogP contribution in [0.15, 0.2) is 249 Å². The lowest BCUT2D eigenvalue weighted by atomic mass is 10.0. The molecule has 10 aromatic carbocycles. The van der Waals surface area contributed by atoms with Crippen molar-refractivity contribution in [3.05, 3.63) is 254 Å². The van der Waals surface area contributed by atoms with Gasteiger partial charge in [0.15, 0.2) is 34.9 Å². The summed E-state index contributed by atoms with van der Waals surface area (Å²) in [7, 11) is 0. The van der Waals surface area contributed by atoms with Crippen molar-refractivity contribution in [3.8, 4) is 90.8 Å². The Bertz CT molecular complexity index is 4320. The fourth-order valence-corrected chi connectivity index (χ4v) is 10.4. The first-order valence-electron chi connectivity index (χ1n) is 25.1. The molecule has 75 heavy (non-hydrogen) atoms. The summed E-state index contributed by atoms with van der Waals surface area (Å²) >= 11 is 0. The zero-order chi connectivity index (χ0) is 49.8. The molecule has 0 N–H and O–H groups in total. The number of benzene rings is 10. The summed E-state index contributed by atoms with van der Waals surface area (Å²) < 4.78 is 4.72. The summed E-state index contributed by atoms with van der Waals surface area (Å²) in [6, 6.07) is 86.7. The maximum absolute atomic E-state index is 4.99. The van der Waals surface area contributed by atoms with Gasteiger partial charge in [-0.1, -0.05) is 163 Å². The SMILES string of the molecule is Cc1ccc2c(c1)c1cc(-c3ccc4c(c3)c3ccccc3n4-c3ccc(-c4nc(-c5ccccc5)nc(-c5ccccc5)n4)cc3)ccc1n2-c1ccc(-c2nc(-c3ccccc3)nc(-c3ccccc3)n2)cc1. The molecular weight excluding hydrogens is 917 g/mol. The molecule has 0 radical (unpaired) electrons. The Morgan fingerprint density at radius 1 is 0.227 bits per heavy atom. The highest BCUT2D eigenvalue weighted by atomic mass is 15.0. The van der Waals surface area contributed by atoms with Crippen LogP contribution in [0.3, 0.4) is 0 Å². The normalized spacial score (nSPS) is 11.5. The van der Waals surface area contributed by atoms with E-state index in [1.165, 1.54) is 27.1 Å². The van der Waals surface area contributed by atoms with Crippen molar-refractivity contribution in [1.29, 1.82) is 0 Å². The molecule has 14 rings (SSSR count). The van der Waals surface area contributed by atoms with Crippen molar-refractivity contribution in [2.45, 2.75) is 6.92 Å². The summed E-state index contributed by atoms with van der Waals surface area (Å²) in [4.78, 5) is 29.7. The van der Waals surface area contributed by atoms with Crippen molar-refractivity contribution in [2.24, 2.45) is 0 Å². The molecule has 0 spiro atoms. The van der Waals surface area contributed by atoms with E-state index in [-0.39, 0.29) is 0 Å². The molecule has 14 aromatic rings. The number of aryl methyl sites for hydroxylation is 1. The van der Waals surface area contributed by atoms with Crippen LogP contribution in [-0.4, -0.2) is 39.0 Å². The second-order valence-electron chi connectivity index (χ2n) is 18.8. The molecule has 0 unspecified atom stereocenters. The maximum atomic E-state index is 4.99. The van der Waals surface area contributed by atoms with Gasteiger partial charge in [-0.3, -0.25) is 0 Å². The molecule has 4 aromatic heterocycles. The van der Waals surface area contributed by atoms with E-state index in [0.29, 0.717) is 34.9 Å². The summed E-state index contributed by atoms with van der Waals surface area (Å²) in [6.45, 7) is 2.16. The molecule has 0 fully saturated rings. The molecule has 0 bridgehead atoms. The fraction of sp³-hybridized carbons (Fsp3) is 0.0149. The quantitative estimate of drug-likeness (QED) is 0.143. The summed E-state index contributed by atoms with van der Waals surface area (Å²) in [5, 5.41) is 4.78. The standard InChI is InChI=1S/C67H44N8/c1-43-26-37-59-55(40-43)57-42-51(32-39-61(57)75(59)53-35-29-49(30-36-53)67-72-64(46-20-10-4-11-21-46)69-65(73-67)47-22-12-5-13-23-47)50-31-38-60-56(41-50)54-24-14-15-25-58(54)74(60)52-33-27-48(28-34-52)66-70-62(44-16-6-2-7-17-44)68-63(71-66)45-18-8-3-9-19-45/h2-42H,1H3. The Morgan fingerprint density at radius 2 is 0.507 bits per heavy atom. The van der Waals surface area contributed by atoms with Gasteiger partial charge < -0.3 is 9.13 Å². The van der Waals surface area contributed by atoms with E-state index in [4.69, 9.17) is 29.9 Å². The molecule has 0 amide bonds. The minimum atomic E-state index is 0.626. The molecule has 8 nitrogen and oxygen atoms in total. The zero-order valence-electron chi connectivity index (χ0n) is 40.7. The van der Waals surface area contributed by atoms with Crippen LogP contribution in [0, 0.1) is 6.92 Å². The predicted octanol–water partition coefficient (Wildman–Crippen LogP) is 16.2. The molecule has 0 saturated heterocycles. The third kappa shape index (κ3) is 7.89. The van der Waals surface area contributed by atoms with Crippen LogP contribution < -0.4 is 0 Å². The van der Waals surface area contributed by atoms with Crippen LogP contribution >= 0.6 is 0 Å². The number of hydrogen-bond acceptors (Lipinski definition) is 6. The van der Waals surface area contributed by atoms with Gasteiger partial charge in [-0.25, -0.2) is 29.9 Å². The second kappa shape index (κ2) is 18.1. The highest BCUT2D eigenvalue weighted by Gasteiger charge is 2.19. The molecule has 0 aliphatic carbocycles. The Hall–Kier alpha value is -10.2. The Balaban J connectivity index is 0.822. The summed E-state index contributed by atoms with van der Waals surface area (Å²) in [5.41, 5.74) is 15.8. The molecule has 0 saturated carbocycles. The first kappa shape index (κ1) is 43.6. The van der Waals surface area contributed by atoms with Crippen LogP contribution in [0.2, 0.25) is 0 Å². The molecule has 0 atom stereocenters. The second-order valence-corrected chi connectivity index (χ2v) is 18.8. The van der Waals surface area contributed by atoms with Crippen LogP contribution in [0.4, 0.5) is 0 Å². The minimum absolute atomic E-state index is 0.626. The van der Waals surface area contributed by atoms with Crippen LogP contribution in [0.25, 0.3) is 134 Å². The average Bonchev–Trinajstić information content (AvgIpc) is 4.02. The number of nitrogens with zero attached hydrogens (tertiary/aromatic N) is 8. The molecule has 4 heterocycles. The summed E-state index contributed by atoms with van der Waals surface area (Å²) in [5.74, 6) is 3.81. The molecule has 0 aliphatic heterocycles. The van der Waals surface area contributed by atoms with Crippen molar-refractivity contribution in [1.82, 2.24) is 39.0 Å². The van der Waals surface area contributed by atoms with Gasteiger partial charge in [0, 0.05) is 66.3 Å². The van der Waals surface area contributed by atoms with Crippen LogP contribution in [0.5, 0.6) is 0 Å². The van der Waals surface area contributed by atoms with Crippen molar-refractivity contribution in [3.63, 3.8) is 0 Å². The first-order valence-corrected chi connectivity index (χ1v) is 25.1. The lowest BCUT2D eigenvalue weighted by Crippen LogP contribution is -2.00. The van der Waals surface area contributed by atoms with Crippen molar-refractivity contribution < 1.29 is 0 Å². The summed E-state index contributed by atoms with van der Waals surface area (Å²) in [6.07, 6.45) is 0. The third-order valence-corrected chi connectivity index (χ3v) is 14.1. The van der Waals surface area contributed by atoms with E-state index >= 15 is 0 Å². The van der Waals surface area contributed by atoms with Gasteiger partial charge in [0.05, 0.1) is 22.1 Å². The predicted molar refractivity (Wildman–Crippen MR) is 305 cm³/mol. The number of hydrogen-bond donors (Lipinski definition) is 0. The Labute approximate surface area is 432 Å². The lowest BCUT2D eigenvalue weighted by molar-refractivity contribution is 1.07. The molecule has 0 aliphatic rings. The van der Waals surface area contributed by atoms with E-state index in [1.54, 1.807) is 0 Å². The largest absolute Gasteiger partial charge is 0.309 e. The van der Waals surface area contributed by atoms with E-state index in [9.17, 15) is 0 Å². The zero-order valence-corrected chi connectivity index (χ0v) is 40.7. The number of fused-ring (bicyclic) bond motifs is 6. The number of rotatable bonds is 9. The Morgan fingerprint density at radius 3 is 0.893 bits per heavy atom. The van der Waals surface area contributed by atoms with Crippen molar-refractivity contribution >= 4 is 43.6 Å². The van der Waals surface area contributed by atoms with Gasteiger partial charge in [0.25, 0.3) is 0 Å². The topological polar surface area (TPSA) is 87.2 Å². The fourth-order valence-electron chi connectivity index (χ4n) is 10.4. The van der Waals surface area contributed by atoms with E-state index in [2.05, 4.69) is 143 Å². The van der Waals surface area contributed by atoms with E-state index < -0.39 is 0 Å². The number of para-hydroxylation sites is 1. The van der Waals surface area contributed by atoms with Gasteiger partial charge in [-0.05, 0) is 109 Å². The molecule has 8 heteroatoms. The molecule has 352 valence electrons. The van der Waals surface area contributed by atoms with Gasteiger partial charge in [0.1, 0.15) is 0 Å². The van der Waals surface area contributed by atoms with Crippen LogP contribution in [0.1, 0.15) is 5.56 Å². The van der Waals surface area contributed by atoms with Gasteiger partial charge >= 0.3 is 0 Å². The first-order chi connectivity index (χ1) is 37.1. The highest BCUT2D eigenvalue weighted by molar-refractivity contribution is 6.13. The molecular formula is C67H44N8. The van der Waals surface area contributed by atoms with E-state index in [1.807, 2.05) is 121 Å². The smallest absolute Gasteiger partial charge is 0.164 e. The third-order valence-electron chi connectivity index (χ3n) is 14.1. The van der Waals surface area contributed by atoms with Crippen LogP contribution in [-0.2, 0) is 0 Å². The van der Waals surface area contributed by atoms with Gasteiger partial charge in [0.2, 0.25) is 0 Å². The van der Waals surface area contributed by atoms with E-state index in [0.717, 1.165) is 77.9 Å². The van der Waals surface area contributed by atoms with Crippen molar-refractivity contribution in [2.75, 3.05) is 0 Å². The number of aromatic nitrogens is 8.